The standard InChI is InChI=1S/C17H16ClN3O/c1-21-14-8-7-12(18)9-13(14)16(11-5-3-2-4-6-11)20-10-15(21)17(19)22/h2-9,15H,10H2,1H3,(H2,19,22). The second-order valence-corrected chi connectivity index (χ2v) is 5.68. The van der Waals surface area contributed by atoms with Crippen LogP contribution in [0.25, 0.3) is 0 Å². The average Bonchev–Trinajstić information content (AvgIpc) is 2.65. The molecular weight excluding hydrogens is 298 g/mol. The van der Waals surface area contributed by atoms with Crippen molar-refractivity contribution < 1.29 is 4.79 Å². The van der Waals surface area contributed by atoms with Gasteiger partial charge in [-0.2, -0.15) is 0 Å². The van der Waals surface area contributed by atoms with E-state index in [1.165, 1.54) is 0 Å². The van der Waals surface area contributed by atoms with Gasteiger partial charge in [0, 0.05) is 28.9 Å². The number of nitrogens with two attached hydrogens (primary N) is 1. The molecule has 0 saturated heterocycles. The Bertz CT molecular complexity index is 743. The lowest BCUT2D eigenvalue weighted by molar-refractivity contribution is -0.119. The summed E-state index contributed by atoms with van der Waals surface area (Å²) in [4.78, 5) is 18.2. The predicted molar refractivity (Wildman–Crippen MR) is 89.8 cm³/mol. The number of benzodiazepines with no additional fused rings is 1. The number of anilines is 1. The van der Waals surface area contributed by atoms with E-state index < -0.39 is 6.04 Å². The van der Waals surface area contributed by atoms with Crippen molar-refractivity contribution in [1.29, 1.82) is 0 Å². The van der Waals surface area contributed by atoms with Crippen molar-refractivity contribution in [3.05, 3.63) is 64.7 Å². The molecule has 1 atom stereocenters. The van der Waals surface area contributed by atoms with Gasteiger partial charge in [0.05, 0.1) is 12.3 Å². The summed E-state index contributed by atoms with van der Waals surface area (Å²) in [6, 6.07) is 15.0. The molecule has 0 fully saturated rings. The number of nitrogens with zero attached hydrogens (tertiary/aromatic N) is 2. The van der Waals surface area contributed by atoms with E-state index in [0.717, 1.165) is 22.5 Å². The lowest BCUT2D eigenvalue weighted by atomic mass is 10.0. The normalized spacial score (nSPS) is 17.5. The first kappa shape index (κ1) is 14.6. The minimum atomic E-state index is -0.471. The van der Waals surface area contributed by atoms with Crippen LogP contribution in [0.1, 0.15) is 11.1 Å². The van der Waals surface area contributed by atoms with E-state index in [1.54, 1.807) is 0 Å². The lowest BCUT2D eigenvalue weighted by Crippen LogP contribution is -2.44. The largest absolute Gasteiger partial charge is 0.368 e. The Labute approximate surface area is 134 Å². The predicted octanol–water partition coefficient (Wildman–Crippen LogP) is 2.48. The number of halogens is 1. The molecule has 1 unspecified atom stereocenters. The Morgan fingerprint density at radius 3 is 2.68 bits per heavy atom. The first-order chi connectivity index (χ1) is 10.6. The molecule has 5 heteroatoms. The van der Waals surface area contributed by atoms with Crippen molar-refractivity contribution in [3.63, 3.8) is 0 Å². The van der Waals surface area contributed by atoms with Gasteiger partial charge in [-0.25, -0.2) is 0 Å². The number of hydrogen-bond acceptors (Lipinski definition) is 3. The molecule has 2 N–H and O–H groups in total. The fourth-order valence-corrected chi connectivity index (χ4v) is 2.85. The van der Waals surface area contributed by atoms with Crippen molar-refractivity contribution in [1.82, 2.24) is 0 Å². The second-order valence-electron chi connectivity index (χ2n) is 5.25. The molecule has 2 aromatic carbocycles. The minimum absolute atomic E-state index is 0.322. The summed E-state index contributed by atoms with van der Waals surface area (Å²) >= 11 is 6.16. The quantitative estimate of drug-likeness (QED) is 0.926. The highest BCUT2D eigenvalue weighted by molar-refractivity contribution is 6.31. The van der Waals surface area contributed by atoms with Crippen molar-refractivity contribution in [3.8, 4) is 0 Å². The van der Waals surface area contributed by atoms with Gasteiger partial charge in [-0.1, -0.05) is 41.9 Å². The van der Waals surface area contributed by atoms with Crippen molar-refractivity contribution in [2.24, 2.45) is 10.7 Å². The third-order valence-corrected chi connectivity index (χ3v) is 4.09. The third-order valence-electron chi connectivity index (χ3n) is 3.86. The zero-order valence-corrected chi connectivity index (χ0v) is 12.9. The molecule has 0 spiro atoms. The SMILES string of the molecule is CN1c2ccc(Cl)cc2C(c2ccccc2)=NCC1C(N)=O. The van der Waals surface area contributed by atoms with Crippen LogP contribution in [0.5, 0.6) is 0 Å². The molecule has 112 valence electrons. The van der Waals surface area contributed by atoms with E-state index in [-0.39, 0.29) is 5.91 Å². The van der Waals surface area contributed by atoms with E-state index in [2.05, 4.69) is 4.99 Å². The highest BCUT2D eigenvalue weighted by atomic mass is 35.5. The molecule has 4 nitrogen and oxygen atoms in total. The van der Waals surface area contributed by atoms with Crippen LogP contribution in [0.15, 0.2) is 53.5 Å². The first-order valence-electron chi connectivity index (χ1n) is 7.00. The van der Waals surface area contributed by atoms with Crippen LogP contribution in [0, 0.1) is 0 Å². The Morgan fingerprint density at radius 1 is 1.27 bits per heavy atom. The number of amides is 1. The molecular formula is C17H16ClN3O. The van der Waals surface area contributed by atoms with E-state index >= 15 is 0 Å². The molecule has 1 aliphatic rings. The molecule has 0 aromatic heterocycles. The van der Waals surface area contributed by atoms with Gasteiger partial charge in [0.2, 0.25) is 5.91 Å². The summed E-state index contributed by atoms with van der Waals surface area (Å²) in [6.45, 7) is 0.322. The molecule has 0 radical (unpaired) electrons. The van der Waals surface area contributed by atoms with E-state index in [4.69, 9.17) is 17.3 Å². The van der Waals surface area contributed by atoms with Gasteiger partial charge < -0.3 is 10.6 Å². The fraction of sp³-hybridized carbons (Fsp3) is 0.176. The highest BCUT2D eigenvalue weighted by Gasteiger charge is 2.27. The van der Waals surface area contributed by atoms with Crippen LogP contribution in [0.2, 0.25) is 5.02 Å². The van der Waals surface area contributed by atoms with Crippen LogP contribution in [-0.2, 0) is 4.79 Å². The zero-order valence-electron chi connectivity index (χ0n) is 12.2. The van der Waals surface area contributed by atoms with Gasteiger partial charge >= 0.3 is 0 Å². The number of carbonyl (C=O) groups is 1. The van der Waals surface area contributed by atoms with Gasteiger partial charge in [0.15, 0.2) is 0 Å². The zero-order chi connectivity index (χ0) is 15.7. The molecule has 22 heavy (non-hydrogen) atoms. The number of rotatable bonds is 2. The Balaban J connectivity index is 2.20. The maximum absolute atomic E-state index is 11.7. The van der Waals surface area contributed by atoms with Gasteiger partial charge in [-0.05, 0) is 18.2 Å². The summed E-state index contributed by atoms with van der Waals surface area (Å²) < 4.78 is 0. The molecule has 3 rings (SSSR count). The van der Waals surface area contributed by atoms with Crippen molar-refractivity contribution in [2.75, 3.05) is 18.5 Å². The number of likely N-dealkylation sites (N-methyl/N-ethyl adjacent to an activating group) is 1. The van der Waals surface area contributed by atoms with Crippen molar-refractivity contribution >= 4 is 28.9 Å². The number of hydrogen-bond donors (Lipinski definition) is 1. The lowest BCUT2D eigenvalue weighted by Gasteiger charge is -2.26. The molecule has 0 bridgehead atoms. The maximum atomic E-state index is 11.7. The number of aliphatic imine (C=N–C) groups is 1. The first-order valence-corrected chi connectivity index (χ1v) is 7.37. The summed E-state index contributed by atoms with van der Waals surface area (Å²) in [5.74, 6) is -0.388. The van der Waals surface area contributed by atoms with Crippen LogP contribution in [0.4, 0.5) is 5.69 Å². The highest BCUT2D eigenvalue weighted by Crippen LogP contribution is 2.30. The van der Waals surface area contributed by atoms with Gasteiger partial charge in [-0.3, -0.25) is 9.79 Å². The molecule has 0 aliphatic carbocycles. The summed E-state index contributed by atoms with van der Waals surface area (Å²) in [6.07, 6.45) is 0. The molecule has 1 heterocycles. The number of fused-ring (bicyclic) bond motifs is 1. The van der Waals surface area contributed by atoms with Gasteiger partial charge in [0.25, 0.3) is 0 Å². The Kier molecular flexibility index (Phi) is 3.86. The molecule has 2 aromatic rings. The smallest absolute Gasteiger partial charge is 0.242 e. The summed E-state index contributed by atoms with van der Waals surface area (Å²) in [7, 11) is 1.85. The fourth-order valence-electron chi connectivity index (χ4n) is 2.68. The molecule has 1 amide bonds. The van der Waals surface area contributed by atoms with Crippen LogP contribution in [-0.4, -0.2) is 31.3 Å². The minimum Gasteiger partial charge on any atom is -0.368 e. The third kappa shape index (κ3) is 2.57. The van der Waals surface area contributed by atoms with E-state index in [0.29, 0.717) is 11.6 Å². The monoisotopic (exact) mass is 313 g/mol. The maximum Gasteiger partial charge on any atom is 0.242 e. The number of carbonyl (C=O) groups excluding carboxylic acids is 1. The second kappa shape index (κ2) is 5.81. The van der Waals surface area contributed by atoms with Crippen LogP contribution >= 0.6 is 11.6 Å². The summed E-state index contributed by atoms with van der Waals surface area (Å²) in [5, 5.41) is 0.633. The van der Waals surface area contributed by atoms with Gasteiger partial charge in [0.1, 0.15) is 6.04 Å². The van der Waals surface area contributed by atoms with Crippen LogP contribution in [0.3, 0.4) is 0 Å². The van der Waals surface area contributed by atoms with Crippen molar-refractivity contribution in [2.45, 2.75) is 6.04 Å². The van der Waals surface area contributed by atoms with Crippen LogP contribution < -0.4 is 10.6 Å². The average molecular weight is 314 g/mol. The summed E-state index contributed by atoms with van der Waals surface area (Å²) in [5.41, 5.74) is 9.14. The Hall–Kier alpha value is -2.33. The number of primary amides is 1. The topological polar surface area (TPSA) is 58.7 Å². The number of benzene rings is 2. The van der Waals surface area contributed by atoms with E-state index in [1.807, 2.05) is 60.5 Å². The Morgan fingerprint density at radius 2 is 2.00 bits per heavy atom. The molecule has 1 aliphatic heterocycles. The van der Waals surface area contributed by atoms with Gasteiger partial charge in [-0.15, -0.1) is 0 Å². The van der Waals surface area contributed by atoms with E-state index in [9.17, 15) is 4.79 Å². The molecule has 0 saturated carbocycles.